The lowest BCUT2D eigenvalue weighted by Gasteiger charge is -2.20. The SMILES string of the molecule is CCCCCCCCCCCCCCCC(=O)OCC(COC(=O)CCCCCCCCCCCCCCC)OC(=O)CCCCCCCCCCCCCCC.NC(CO)(CO)CO.NCC(=O)O. The van der Waals surface area contributed by atoms with Crippen molar-refractivity contribution in [2.24, 2.45) is 11.5 Å². The number of unbranched alkanes of at least 4 members (excludes halogenated alkanes) is 36. The van der Waals surface area contributed by atoms with E-state index in [4.69, 9.17) is 40.4 Å². The summed E-state index contributed by atoms with van der Waals surface area (Å²) in [6.45, 7) is 5.19. The van der Waals surface area contributed by atoms with Gasteiger partial charge >= 0.3 is 23.9 Å². The molecule has 13 heteroatoms. The normalized spacial score (nSPS) is 11.2. The van der Waals surface area contributed by atoms with Crippen LogP contribution < -0.4 is 11.5 Å². The van der Waals surface area contributed by atoms with Gasteiger partial charge in [0, 0.05) is 19.3 Å². The van der Waals surface area contributed by atoms with E-state index in [0.717, 1.165) is 57.8 Å². The van der Waals surface area contributed by atoms with Crippen molar-refractivity contribution < 1.29 is 53.8 Å². The average Bonchev–Trinajstić information content (AvgIpc) is 3.36. The minimum Gasteiger partial charge on any atom is -0.480 e. The number of hydrogen-bond donors (Lipinski definition) is 6. The number of carbonyl (C=O) groups excluding carboxylic acids is 3. The van der Waals surface area contributed by atoms with Gasteiger partial charge in [0.2, 0.25) is 0 Å². The Labute approximate surface area is 429 Å². The van der Waals surface area contributed by atoms with E-state index in [2.05, 4.69) is 26.5 Å². The number of rotatable bonds is 51. The van der Waals surface area contributed by atoms with Gasteiger partial charge in [0.15, 0.2) is 6.10 Å². The molecule has 0 amide bonds. The largest absolute Gasteiger partial charge is 0.480 e. The number of aliphatic hydroxyl groups excluding tert-OH is 3. The quantitative estimate of drug-likeness (QED) is 0.0189. The van der Waals surface area contributed by atoms with Crippen molar-refractivity contribution in [3.8, 4) is 0 Å². The monoisotopic (exact) mass is 1000 g/mol. The Balaban J connectivity index is -0.00000300. The molecular formula is C57H114N2O11. The average molecular weight is 1000 g/mol. The van der Waals surface area contributed by atoms with Crippen LogP contribution in [0, 0.1) is 0 Å². The van der Waals surface area contributed by atoms with Gasteiger partial charge in [-0.3, -0.25) is 19.2 Å². The minimum absolute atomic E-state index is 0.0619. The molecule has 0 saturated carbocycles. The second-order valence-electron chi connectivity index (χ2n) is 19.9. The highest BCUT2D eigenvalue weighted by molar-refractivity contribution is 5.71. The lowest BCUT2D eigenvalue weighted by molar-refractivity contribution is -0.167. The molecule has 0 atom stereocenters. The number of carboxylic acid groups (broad SMARTS) is 1. The van der Waals surface area contributed by atoms with Crippen LogP contribution in [0.25, 0.3) is 0 Å². The third-order valence-corrected chi connectivity index (χ3v) is 12.7. The Morgan fingerprint density at radius 1 is 0.386 bits per heavy atom. The Hall–Kier alpha value is -2.32. The fourth-order valence-electron chi connectivity index (χ4n) is 7.89. The van der Waals surface area contributed by atoms with Crippen molar-refractivity contribution in [3.63, 3.8) is 0 Å². The Morgan fingerprint density at radius 2 is 0.586 bits per heavy atom. The molecule has 70 heavy (non-hydrogen) atoms. The Morgan fingerprint density at radius 3 is 0.771 bits per heavy atom. The van der Waals surface area contributed by atoms with Crippen molar-refractivity contribution in [2.45, 2.75) is 302 Å². The standard InChI is InChI=1S/C51H98O6.C4H11NO3.C2H5NO2/c1-4-7-10-13-16-19-22-25-28-31-34-37-40-43-49(52)55-46-48(57-51(54)45-42-39-36-33-30-27-24-21-18-15-12-9-6-3)47-56-50(53)44-41-38-35-32-29-26-23-20-17-14-11-8-5-2;5-4(1-6,2-7)3-8;3-1-2(4)5/h48H,4-47H2,1-3H3;6-8H,1-3,5H2;1,3H2,(H,4,5). The first-order chi connectivity index (χ1) is 34.0. The predicted molar refractivity (Wildman–Crippen MR) is 288 cm³/mol. The molecule has 0 aromatic heterocycles. The van der Waals surface area contributed by atoms with Gasteiger partial charge in [0.05, 0.1) is 31.9 Å². The van der Waals surface area contributed by atoms with E-state index in [0.29, 0.717) is 19.3 Å². The molecule has 8 N–H and O–H groups in total. The van der Waals surface area contributed by atoms with Gasteiger partial charge in [-0.25, -0.2) is 0 Å². The molecule has 0 bridgehead atoms. The van der Waals surface area contributed by atoms with Crippen LogP contribution in [0.3, 0.4) is 0 Å². The molecule has 418 valence electrons. The first kappa shape index (κ1) is 71.9. The van der Waals surface area contributed by atoms with Crippen LogP contribution in [0.1, 0.15) is 290 Å². The number of hydrogen-bond acceptors (Lipinski definition) is 12. The number of aliphatic hydroxyl groups is 3. The molecule has 0 fully saturated rings. The summed E-state index contributed by atoms with van der Waals surface area (Å²) in [6.07, 6.45) is 49.3. The molecule has 0 aliphatic heterocycles. The lowest BCUT2D eigenvalue weighted by atomic mass is 10.0. The summed E-state index contributed by atoms with van der Waals surface area (Å²) >= 11 is 0. The third-order valence-electron chi connectivity index (χ3n) is 12.7. The second-order valence-corrected chi connectivity index (χ2v) is 19.9. The number of aliphatic carboxylic acids is 1. The highest BCUT2D eigenvalue weighted by Gasteiger charge is 2.21. The smallest absolute Gasteiger partial charge is 0.317 e. The van der Waals surface area contributed by atoms with Gasteiger partial charge in [-0.2, -0.15) is 0 Å². The van der Waals surface area contributed by atoms with Crippen LogP contribution >= 0.6 is 0 Å². The van der Waals surface area contributed by atoms with Gasteiger partial charge < -0.3 is 46.1 Å². The van der Waals surface area contributed by atoms with E-state index < -0.39 is 37.4 Å². The Bertz CT molecular complexity index is 1050. The summed E-state index contributed by atoms with van der Waals surface area (Å²) in [5, 5.41) is 32.6. The first-order valence-electron chi connectivity index (χ1n) is 29.0. The summed E-state index contributed by atoms with van der Waals surface area (Å²) in [7, 11) is 0. The number of carbonyl (C=O) groups is 4. The highest BCUT2D eigenvalue weighted by atomic mass is 16.6. The van der Waals surface area contributed by atoms with Crippen molar-refractivity contribution in [1.29, 1.82) is 0 Å². The molecule has 0 aromatic rings. The number of carboxylic acids is 1. The molecule has 0 spiro atoms. The van der Waals surface area contributed by atoms with Crippen molar-refractivity contribution in [2.75, 3.05) is 39.6 Å². The zero-order chi connectivity index (χ0) is 52.4. The molecule has 0 radical (unpaired) electrons. The fraction of sp³-hybridized carbons (Fsp3) is 0.930. The number of ether oxygens (including phenoxy) is 3. The predicted octanol–water partition coefficient (Wildman–Crippen LogP) is 13.1. The van der Waals surface area contributed by atoms with E-state index in [1.165, 1.54) is 193 Å². The maximum atomic E-state index is 12.8. The zero-order valence-corrected chi connectivity index (χ0v) is 45.8. The molecule has 0 unspecified atom stereocenters. The molecular weight excluding hydrogens is 889 g/mol. The van der Waals surface area contributed by atoms with Crippen LogP contribution in [-0.2, 0) is 33.4 Å². The van der Waals surface area contributed by atoms with Gasteiger partial charge in [-0.1, -0.05) is 252 Å². The lowest BCUT2D eigenvalue weighted by Crippen LogP contribution is -2.50. The van der Waals surface area contributed by atoms with Crippen LogP contribution in [0.5, 0.6) is 0 Å². The van der Waals surface area contributed by atoms with E-state index in [-0.39, 0.29) is 37.7 Å². The Kier molecular flexibility index (Phi) is 60.9. The molecule has 0 heterocycles. The number of esters is 3. The van der Waals surface area contributed by atoms with Crippen LogP contribution in [-0.4, -0.2) is 95.5 Å². The van der Waals surface area contributed by atoms with Gasteiger partial charge in [0.1, 0.15) is 13.2 Å². The molecule has 0 aliphatic rings. The van der Waals surface area contributed by atoms with Gasteiger partial charge in [-0.15, -0.1) is 0 Å². The molecule has 13 nitrogen and oxygen atoms in total. The fourth-order valence-corrected chi connectivity index (χ4v) is 7.89. The van der Waals surface area contributed by atoms with E-state index in [1.807, 2.05) is 0 Å². The first-order valence-corrected chi connectivity index (χ1v) is 29.0. The highest BCUT2D eigenvalue weighted by Crippen LogP contribution is 2.17. The summed E-state index contributed by atoms with van der Waals surface area (Å²) < 4.78 is 16.8. The van der Waals surface area contributed by atoms with E-state index in [9.17, 15) is 19.2 Å². The molecule has 0 aromatic carbocycles. The maximum absolute atomic E-state index is 12.8. The topological polar surface area (TPSA) is 229 Å². The molecule has 0 saturated heterocycles. The van der Waals surface area contributed by atoms with E-state index in [1.54, 1.807) is 0 Å². The van der Waals surface area contributed by atoms with Crippen LogP contribution in [0.4, 0.5) is 0 Å². The third kappa shape index (κ3) is 60.0. The van der Waals surface area contributed by atoms with Crippen molar-refractivity contribution in [1.82, 2.24) is 0 Å². The molecule has 0 rings (SSSR count). The summed E-state index contributed by atoms with van der Waals surface area (Å²) in [6, 6.07) is 0. The summed E-state index contributed by atoms with van der Waals surface area (Å²) in [4.78, 5) is 47.1. The maximum Gasteiger partial charge on any atom is 0.317 e. The zero-order valence-electron chi connectivity index (χ0n) is 45.8. The second kappa shape index (κ2) is 59.2. The summed E-state index contributed by atoms with van der Waals surface area (Å²) in [5.41, 5.74) is 8.51. The van der Waals surface area contributed by atoms with Crippen molar-refractivity contribution in [3.05, 3.63) is 0 Å². The van der Waals surface area contributed by atoms with Crippen molar-refractivity contribution >= 4 is 23.9 Å². The minimum atomic E-state index is -1.21. The van der Waals surface area contributed by atoms with E-state index >= 15 is 0 Å². The number of nitrogens with two attached hydrogens (primary N) is 2. The van der Waals surface area contributed by atoms with Gasteiger partial charge in [0.25, 0.3) is 0 Å². The molecule has 0 aliphatic carbocycles. The van der Waals surface area contributed by atoms with Gasteiger partial charge in [-0.05, 0) is 19.3 Å². The van der Waals surface area contributed by atoms with Crippen LogP contribution in [0.15, 0.2) is 0 Å². The van der Waals surface area contributed by atoms with Crippen LogP contribution in [0.2, 0.25) is 0 Å². The summed E-state index contributed by atoms with van der Waals surface area (Å²) in [5.74, 6) is -1.81.